The number of rotatable bonds is 3. The molecule has 2 heteroatoms. The Bertz CT molecular complexity index is 151. The van der Waals surface area contributed by atoms with Crippen molar-refractivity contribution >= 4 is 0 Å². The zero-order valence-corrected chi connectivity index (χ0v) is 9.47. The molecule has 0 radical (unpaired) electrons. The number of ether oxygens (including phenoxy) is 1. The molecule has 0 aromatic rings. The van der Waals surface area contributed by atoms with E-state index in [1.165, 1.54) is 26.1 Å². The Balaban J connectivity index is 2.25. The van der Waals surface area contributed by atoms with E-state index in [9.17, 15) is 0 Å². The van der Waals surface area contributed by atoms with Gasteiger partial charge in [-0.2, -0.15) is 0 Å². The molecule has 0 unspecified atom stereocenters. The Morgan fingerprint density at radius 2 is 2.08 bits per heavy atom. The lowest BCUT2D eigenvalue weighted by Crippen LogP contribution is -2.31. The fourth-order valence-electron chi connectivity index (χ4n) is 2.10. The molecule has 78 valence electrons. The fraction of sp³-hybridized carbons (Fsp3) is 1.00. The maximum Gasteiger partial charge on any atom is 0.0503 e. The Kier molecular flexibility index (Phi) is 3.74. The zero-order chi connectivity index (χ0) is 9.90. The average Bonchev–Trinajstić information content (AvgIpc) is 2.33. The van der Waals surface area contributed by atoms with Gasteiger partial charge >= 0.3 is 0 Å². The molecule has 0 aromatic heterocycles. The minimum Gasteiger partial charge on any atom is -0.384 e. The van der Waals surface area contributed by atoms with Gasteiger partial charge in [0.2, 0.25) is 0 Å². The van der Waals surface area contributed by atoms with Crippen LogP contribution in [0, 0.1) is 11.3 Å². The van der Waals surface area contributed by atoms with E-state index in [2.05, 4.69) is 25.7 Å². The second kappa shape index (κ2) is 4.43. The third-order valence-electron chi connectivity index (χ3n) is 2.47. The molecule has 1 fully saturated rings. The summed E-state index contributed by atoms with van der Waals surface area (Å²) in [5, 5.41) is 0. The highest BCUT2D eigenvalue weighted by atomic mass is 16.5. The summed E-state index contributed by atoms with van der Waals surface area (Å²) >= 11 is 0. The molecule has 0 saturated carbocycles. The van der Waals surface area contributed by atoms with Crippen molar-refractivity contribution in [3.05, 3.63) is 0 Å². The summed E-state index contributed by atoms with van der Waals surface area (Å²) in [6.45, 7) is 11.5. The summed E-state index contributed by atoms with van der Waals surface area (Å²) < 4.78 is 5.18. The molecule has 0 spiro atoms. The molecule has 0 N–H and O–H groups in total. The van der Waals surface area contributed by atoms with Gasteiger partial charge in [-0.3, -0.25) is 0 Å². The van der Waals surface area contributed by atoms with Crippen LogP contribution in [0.15, 0.2) is 0 Å². The Hall–Kier alpha value is -0.0800. The first-order valence-electron chi connectivity index (χ1n) is 5.22. The summed E-state index contributed by atoms with van der Waals surface area (Å²) in [5.41, 5.74) is 0.433. The molecule has 1 rings (SSSR count). The average molecular weight is 185 g/mol. The first kappa shape index (κ1) is 11.0. The molecule has 1 heterocycles. The van der Waals surface area contributed by atoms with Crippen LogP contribution in [-0.4, -0.2) is 38.3 Å². The first-order valence-corrected chi connectivity index (χ1v) is 5.22. The van der Waals surface area contributed by atoms with Gasteiger partial charge < -0.3 is 9.64 Å². The van der Waals surface area contributed by atoms with E-state index in [1.54, 1.807) is 7.11 Å². The molecular weight excluding hydrogens is 162 g/mol. The number of hydrogen-bond acceptors (Lipinski definition) is 2. The van der Waals surface area contributed by atoms with Crippen LogP contribution >= 0.6 is 0 Å². The van der Waals surface area contributed by atoms with E-state index in [-0.39, 0.29) is 0 Å². The molecule has 1 aliphatic rings. The van der Waals surface area contributed by atoms with Crippen molar-refractivity contribution in [3.63, 3.8) is 0 Å². The summed E-state index contributed by atoms with van der Waals surface area (Å²) in [7, 11) is 1.80. The van der Waals surface area contributed by atoms with E-state index in [1.807, 2.05) is 0 Å². The lowest BCUT2D eigenvalue weighted by Gasteiger charge is -2.26. The van der Waals surface area contributed by atoms with Gasteiger partial charge in [0.1, 0.15) is 0 Å². The van der Waals surface area contributed by atoms with E-state index in [4.69, 9.17) is 4.74 Å². The lowest BCUT2D eigenvalue weighted by molar-refractivity contribution is 0.147. The first-order chi connectivity index (χ1) is 6.01. The van der Waals surface area contributed by atoms with Gasteiger partial charge in [0.15, 0.2) is 0 Å². The van der Waals surface area contributed by atoms with Crippen molar-refractivity contribution in [1.82, 2.24) is 4.90 Å². The second-order valence-electron chi connectivity index (χ2n) is 5.41. The summed E-state index contributed by atoms with van der Waals surface area (Å²) in [6, 6.07) is 0. The Morgan fingerprint density at radius 1 is 1.38 bits per heavy atom. The molecule has 0 bridgehead atoms. The number of likely N-dealkylation sites (tertiary alicyclic amines) is 1. The van der Waals surface area contributed by atoms with Crippen molar-refractivity contribution in [2.45, 2.75) is 27.2 Å². The Labute approximate surface area is 82.3 Å². The van der Waals surface area contributed by atoms with Gasteiger partial charge in [0, 0.05) is 20.2 Å². The van der Waals surface area contributed by atoms with E-state index < -0.39 is 0 Å². The molecule has 0 aliphatic carbocycles. The Morgan fingerprint density at radius 3 is 2.62 bits per heavy atom. The van der Waals surface area contributed by atoms with Crippen LogP contribution in [0.1, 0.15) is 27.2 Å². The second-order valence-corrected chi connectivity index (χ2v) is 5.41. The zero-order valence-electron chi connectivity index (χ0n) is 9.47. The van der Waals surface area contributed by atoms with Gasteiger partial charge in [0.05, 0.1) is 6.61 Å². The molecular formula is C11H23NO. The van der Waals surface area contributed by atoms with Gasteiger partial charge in [-0.25, -0.2) is 0 Å². The van der Waals surface area contributed by atoms with Gasteiger partial charge in [-0.05, 0) is 24.3 Å². The van der Waals surface area contributed by atoms with Gasteiger partial charge in [-0.15, -0.1) is 0 Å². The lowest BCUT2D eigenvalue weighted by atomic mass is 9.96. The molecule has 1 saturated heterocycles. The highest BCUT2D eigenvalue weighted by Crippen LogP contribution is 2.22. The minimum absolute atomic E-state index is 0.433. The van der Waals surface area contributed by atoms with Crippen molar-refractivity contribution in [1.29, 1.82) is 0 Å². The van der Waals surface area contributed by atoms with Crippen molar-refractivity contribution in [2.75, 3.05) is 33.4 Å². The summed E-state index contributed by atoms with van der Waals surface area (Å²) in [6.07, 6.45) is 1.31. The molecule has 1 atom stereocenters. The van der Waals surface area contributed by atoms with E-state index in [0.29, 0.717) is 5.41 Å². The van der Waals surface area contributed by atoms with Crippen LogP contribution in [0.25, 0.3) is 0 Å². The van der Waals surface area contributed by atoms with Gasteiger partial charge in [0.25, 0.3) is 0 Å². The smallest absolute Gasteiger partial charge is 0.0503 e. The maximum atomic E-state index is 5.18. The standard InChI is InChI=1S/C11H23NO/c1-11(2,3)9-12-6-5-10(7-12)8-13-4/h10H,5-9H2,1-4H3/t10-/m0/s1. The third kappa shape index (κ3) is 4.10. The van der Waals surface area contributed by atoms with E-state index >= 15 is 0 Å². The fourth-order valence-corrected chi connectivity index (χ4v) is 2.10. The molecule has 2 nitrogen and oxygen atoms in total. The van der Waals surface area contributed by atoms with Crippen LogP contribution < -0.4 is 0 Å². The highest BCUT2D eigenvalue weighted by Gasteiger charge is 2.25. The quantitative estimate of drug-likeness (QED) is 0.667. The SMILES string of the molecule is COC[C@H]1CCN(CC(C)(C)C)C1. The van der Waals surface area contributed by atoms with Gasteiger partial charge in [-0.1, -0.05) is 20.8 Å². The number of methoxy groups -OCH3 is 1. The topological polar surface area (TPSA) is 12.5 Å². The number of hydrogen-bond donors (Lipinski definition) is 0. The molecule has 0 aromatic carbocycles. The highest BCUT2D eigenvalue weighted by molar-refractivity contribution is 4.78. The van der Waals surface area contributed by atoms with Crippen molar-refractivity contribution in [2.24, 2.45) is 11.3 Å². The van der Waals surface area contributed by atoms with Crippen LogP contribution in [0.2, 0.25) is 0 Å². The third-order valence-corrected chi connectivity index (χ3v) is 2.47. The summed E-state index contributed by atoms with van der Waals surface area (Å²) in [5.74, 6) is 0.771. The summed E-state index contributed by atoms with van der Waals surface area (Å²) in [4.78, 5) is 2.56. The van der Waals surface area contributed by atoms with Crippen molar-refractivity contribution in [3.8, 4) is 0 Å². The van der Waals surface area contributed by atoms with E-state index in [0.717, 1.165) is 12.5 Å². The monoisotopic (exact) mass is 185 g/mol. The van der Waals surface area contributed by atoms with Crippen LogP contribution in [0.3, 0.4) is 0 Å². The van der Waals surface area contributed by atoms with Crippen molar-refractivity contribution < 1.29 is 4.74 Å². The predicted octanol–water partition coefficient (Wildman–Crippen LogP) is 2.00. The maximum absolute atomic E-state index is 5.18. The molecule has 0 amide bonds. The minimum atomic E-state index is 0.433. The number of nitrogens with zero attached hydrogens (tertiary/aromatic N) is 1. The van der Waals surface area contributed by atoms with Crippen LogP contribution in [-0.2, 0) is 4.74 Å². The normalized spacial score (nSPS) is 25.4. The largest absolute Gasteiger partial charge is 0.384 e. The predicted molar refractivity (Wildman–Crippen MR) is 55.9 cm³/mol. The molecule has 1 aliphatic heterocycles. The van der Waals surface area contributed by atoms with Crippen LogP contribution in [0.4, 0.5) is 0 Å². The van der Waals surface area contributed by atoms with Crippen LogP contribution in [0.5, 0.6) is 0 Å². The molecule has 13 heavy (non-hydrogen) atoms.